The standard InChI is InChI=1S/C24H18BrNO/c25-21-13-9-18(10-14-21)17-27-24-8-4-2-6-20(24)12-16-22-15-11-19-5-1-3-7-23(19)26-22/h1-16H,17H2/b16-12+. The number of halogens is 1. The van der Waals surface area contributed by atoms with Gasteiger partial charge in [-0.15, -0.1) is 0 Å². The van der Waals surface area contributed by atoms with E-state index in [1.54, 1.807) is 0 Å². The lowest BCUT2D eigenvalue weighted by molar-refractivity contribution is 0.305. The van der Waals surface area contributed by atoms with E-state index in [4.69, 9.17) is 4.74 Å². The minimum Gasteiger partial charge on any atom is -0.488 e. The van der Waals surface area contributed by atoms with Crippen molar-refractivity contribution in [3.63, 3.8) is 0 Å². The molecule has 0 saturated carbocycles. The average Bonchev–Trinajstić information content (AvgIpc) is 2.72. The Labute approximate surface area is 167 Å². The van der Waals surface area contributed by atoms with Crippen LogP contribution in [0, 0.1) is 0 Å². The summed E-state index contributed by atoms with van der Waals surface area (Å²) in [5.74, 6) is 0.859. The van der Waals surface area contributed by atoms with E-state index >= 15 is 0 Å². The van der Waals surface area contributed by atoms with Gasteiger partial charge in [-0.3, -0.25) is 0 Å². The Hall–Kier alpha value is -2.91. The molecule has 0 aliphatic carbocycles. The lowest BCUT2D eigenvalue weighted by Crippen LogP contribution is -1.96. The van der Waals surface area contributed by atoms with Gasteiger partial charge < -0.3 is 4.74 Å². The van der Waals surface area contributed by atoms with Crippen molar-refractivity contribution in [3.05, 3.63) is 106 Å². The zero-order valence-corrected chi connectivity index (χ0v) is 16.3. The number of benzene rings is 3. The van der Waals surface area contributed by atoms with Crippen LogP contribution in [-0.4, -0.2) is 4.98 Å². The van der Waals surface area contributed by atoms with Crippen molar-refractivity contribution in [3.8, 4) is 5.75 Å². The van der Waals surface area contributed by atoms with Gasteiger partial charge in [0.1, 0.15) is 12.4 Å². The first-order valence-corrected chi connectivity index (χ1v) is 9.57. The van der Waals surface area contributed by atoms with E-state index in [2.05, 4.69) is 51.2 Å². The van der Waals surface area contributed by atoms with Crippen molar-refractivity contribution in [1.82, 2.24) is 4.98 Å². The molecule has 1 aromatic heterocycles. The molecule has 3 aromatic carbocycles. The number of hydrogen-bond donors (Lipinski definition) is 0. The molecule has 0 bridgehead atoms. The summed E-state index contributed by atoms with van der Waals surface area (Å²) >= 11 is 3.45. The summed E-state index contributed by atoms with van der Waals surface area (Å²) in [6, 6.07) is 28.5. The number of ether oxygens (including phenoxy) is 1. The van der Waals surface area contributed by atoms with Crippen molar-refractivity contribution in [1.29, 1.82) is 0 Å². The summed E-state index contributed by atoms with van der Waals surface area (Å²) in [5.41, 5.74) is 4.09. The van der Waals surface area contributed by atoms with E-state index in [1.165, 1.54) is 0 Å². The van der Waals surface area contributed by atoms with Crippen LogP contribution in [0.25, 0.3) is 23.1 Å². The Kier molecular flexibility index (Phi) is 5.31. The topological polar surface area (TPSA) is 22.1 Å². The first-order chi connectivity index (χ1) is 13.3. The van der Waals surface area contributed by atoms with Gasteiger partial charge in [0.25, 0.3) is 0 Å². The molecule has 0 aliphatic rings. The summed E-state index contributed by atoms with van der Waals surface area (Å²) in [6.45, 7) is 0.534. The molecule has 0 spiro atoms. The molecule has 0 radical (unpaired) electrons. The average molecular weight is 416 g/mol. The van der Waals surface area contributed by atoms with Crippen molar-refractivity contribution >= 4 is 39.0 Å². The third-order valence-electron chi connectivity index (χ3n) is 4.28. The Morgan fingerprint density at radius 3 is 2.44 bits per heavy atom. The molecular formula is C24H18BrNO. The van der Waals surface area contributed by atoms with Crippen LogP contribution in [0.5, 0.6) is 5.75 Å². The highest BCUT2D eigenvalue weighted by Gasteiger charge is 2.02. The largest absolute Gasteiger partial charge is 0.488 e. The van der Waals surface area contributed by atoms with Crippen molar-refractivity contribution < 1.29 is 4.74 Å². The molecule has 0 saturated heterocycles. The van der Waals surface area contributed by atoms with Gasteiger partial charge in [0, 0.05) is 15.4 Å². The fourth-order valence-electron chi connectivity index (χ4n) is 2.84. The van der Waals surface area contributed by atoms with E-state index in [9.17, 15) is 0 Å². The molecule has 0 unspecified atom stereocenters. The summed E-state index contributed by atoms with van der Waals surface area (Å²) in [5, 5.41) is 1.15. The number of para-hydroxylation sites is 2. The first-order valence-electron chi connectivity index (χ1n) is 8.78. The van der Waals surface area contributed by atoms with Gasteiger partial charge in [-0.2, -0.15) is 0 Å². The van der Waals surface area contributed by atoms with Crippen molar-refractivity contribution in [2.75, 3.05) is 0 Å². The molecule has 0 fully saturated rings. The Morgan fingerprint density at radius 1 is 0.778 bits per heavy atom. The number of nitrogens with zero attached hydrogens (tertiary/aromatic N) is 1. The molecule has 27 heavy (non-hydrogen) atoms. The molecule has 0 aliphatic heterocycles. The van der Waals surface area contributed by atoms with Crippen molar-refractivity contribution in [2.24, 2.45) is 0 Å². The van der Waals surface area contributed by atoms with Gasteiger partial charge in [-0.05, 0) is 48.0 Å². The maximum Gasteiger partial charge on any atom is 0.127 e. The highest BCUT2D eigenvalue weighted by atomic mass is 79.9. The number of hydrogen-bond acceptors (Lipinski definition) is 2. The summed E-state index contributed by atoms with van der Waals surface area (Å²) in [7, 11) is 0. The van der Waals surface area contributed by atoms with E-state index in [1.807, 2.05) is 66.7 Å². The van der Waals surface area contributed by atoms with Gasteiger partial charge in [-0.25, -0.2) is 4.98 Å². The van der Waals surface area contributed by atoms with Crippen LogP contribution in [0.3, 0.4) is 0 Å². The molecule has 4 rings (SSSR count). The van der Waals surface area contributed by atoms with Gasteiger partial charge >= 0.3 is 0 Å². The minimum absolute atomic E-state index is 0.534. The van der Waals surface area contributed by atoms with Gasteiger partial charge in [-0.1, -0.05) is 70.5 Å². The molecule has 0 amide bonds. The van der Waals surface area contributed by atoms with Crippen LogP contribution in [-0.2, 0) is 6.61 Å². The predicted octanol–water partition coefficient (Wildman–Crippen LogP) is 6.75. The molecule has 0 atom stereocenters. The molecule has 2 nitrogen and oxygen atoms in total. The van der Waals surface area contributed by atoms with Gasteiger partial charge in [0.05, 0.1) is 11.2 Å². The summed E-state index contributed by atoms with van der Waals surface area (Å²) < 4.78 is 7.10. The second-order valence-electron chi connectivity index (χ2n) is 6.22. The zero-order chi connectivity index (χ0) is 18.5. The molecule has 0 N–H and O–H groups in total. The van der Waals surface area contributed by atoms with E-state index in [0.717, 1.165) is 37.9 Å². The zero-order valence-electron chi connectivity index (χ0n) is 14.7. The van der Waals surface area contributed by atoms with E-state index in [0.29, 0.717) is 6.61 Å². The maximum absolute atomic E-state index is 6.03. The van der Waals surface area contributed by atoms with Crippen LogP contribution in [0.2, 0.25) is 0 Å². The third kappa shape index (κ3) is 4.44. The van der Waals surface area contributed by atoms with Gasteiger partial charge in [0.15, 0.2) is 0 Å². The summed E-state index contributed by atoms with van der Waals surface area (Å²) in [4.78, 5) is 4.69. The highest BCUT2D eigenvalue weighted by Crippen LogP contribution is 2.22. The van der Waals surface area contributed by atoms with Crippen LogP contribution >= 0.6 is 15.9 Å². The molecule has 132 valence electrons. The quantitative estimate of drug-likeness (QED) is 0.359. The van der Waals surface area contributed by atoms with Crippen LogP contribution < -0.4 is 4.74 Å². The number of pyridine rings is 1. The summed E-state index contributed by atoms with van der Waals surface area (Å²) in [6.07, 6.45) is 4.07. The van der Waals surface area contributed by atoms with E-state index in [-0.39, 0.29) is 0 Å². The van der Waals surface area contributed by atoms with Crippen LogP contribution in [0.15, 0.2) is 89.4 Å². The fourth-order valence-corrected chi connectivity index (χ4v) is 3.11. The molecule has 1 heterocycles. The first kappa shape index (κ1) is 17.5. The Bertz CT molecular complexity index is 1090. The monoisotopic (exact) mass is 415 g/mol. The molecule has 4 aromatic rings. The second kappa shape index (κ2) is 8.19. The fraction of sp³-hybridized carbons (Fsp3) is 0.0417. The number of aromatic nitrogens is 1. The van der Waals surface area contributed by atoms with Crippen LogP contribution in [0.1, 0.15) is 16.8 Å². The molecule has 3 heteroatoms. The van der Waals surface area contributed by atoms with Gasteiger partial charge in [0.2, 0.25) is 0 Å². The van der Waals surface area contributed by atoms with Crippen LogP contribution in [0.4, 0.5) is 0 Å². The lowest BCUT2D eigenvalue weighted by Gasteiger charge is -2.09. The number of rotatable bonds is 5. The molecular weight excluding hydrogens is 398 g/mol. The predicted molar refractivity (Wildman–Crippen MR) is 116 cm³/mol. The van der Waals surface area contributed by atoms with Crippen molar-refractivity contribution in [2.45, 2.75) is 6.61 Å². The SMILES string of the molecule is Brc1ccc(COc2ccccc2/C=C/c2ccc3ccccc3n2)cc1. The lowest BCUT2D eigenvalue weighted by atomic mass is 10.1. The highest BCUT2D eigenvalue weighted by molar-refractivity contribution is 9.10. The second-order valence-corrected chi connectivity index (χ2v) is 7.13. The van der Waals surface area contributed by atoms with E-state index < -0.39 is 0 Å². The minimum atomic E-state index is 0.534. The smallest absolute Gasteiger partial charge is 0.127 e. The Balaban J connectivity index is 1.52. The normalized spacial score (nSPS) is 11.1. The maximum atomic E-state index is 6.03. The Morgan fingerprint density at radius 2 is 1.56 bits per heavy atom. The third-order valence-corrected chi connectivity index (χ3v) is 4.81. The number of fused-ring (bicyclic) bond motifs is 1.